The van der Waals surface area contributed by atoms with Crippen molar-refractivity contribution in [2.45, 2.75) is 13.3 Å². The third kappa shape index (κ3) is 6.17. The average molecular weight is 371 g/mol. The van der Waals surface area contributed by atoms with E-state index in [9.17, 15) is 9.59 Å². The lowest BCUT2D eigenvalue weighted by Crippen LogP contribution is -2.18. The molecule has 0 aliphatic heterocycles. The van der Waals surface area contributed by atoms with Crippen LogP contribution in [-0.2, 0) is 16.0 Å². The Hall–Kier alpha value is -1.64. The summed E-state index contributed by atoms with van der Waals surface area (Å²) in [6, 6.07) is 6.84. The topological polar surface area (TPSA) is 84.0 Å². The van der Waals surface area contributed by atoms with Crippen LogP contribution in [-0.4, -0.2) is 33.5 Å². The zero-order valence-corrected chi connectivity index (χ0v) is 14.7. The molecule has 0 unspecified atom stereocenters. The lowest BCUT2D eigenvalue weighted by molar-refractivity contribution is -0.114. The Morgan fingerprint density at radius 3 is 2.39 bits per heavy atom. The van der Waals surface area contributed by atoms with Gasteiger partial charge < -0.3 is 5.32 Å². The summed E-state index contributed by atoms with van der Waals surface area (Å²) in [6.45, 7) is 1.97. The molecule has 0 spiro atoms. The Kier molecular flexibility index (Phi) is 6.82. The van der Waals surface area contributed by atoms with E-state index in [0.717, 1.165) is 11.4 Å². The highest BCUT2D eigenvalue weighted by molar-refractivity contribution is 8.00. The van der Waals surface area contributed by atoms with Crippen molar-refractivity contribution in [3.05, 3.63) is 34.3 Å². The zero-order valence-electron chi connectivity index (χ0n) is 12.3. The number of hydrogen-bond acceptors (Lipinski definition) is 6. The quantitative estimate of drug-likeness (QED) is 0.782. The lowest BCUT2D eigenvalue weighted by Gasteiger charge is -2.05. The van der Waals surface area contributed by atoms with Crippen LogP contribution in [0.4, 0.5) is 10.8 Å². The summed E-state index contributed by atoms with van der Waals surface area (Å²) in [6.07, 6.45) is 0.785. The minimum atomic E-state index is -0.201. The molecule has 0 bridgehead atoms. The molecule has 0 saturated heterocycles. The van der Waals surface area contributed by atoms with E-state index >= 15 is 0 Å². The van der Waals surface area contributed by atoms with Crippen molar-refractivity contribution >= 4 is 57.3 Å². The van der Waals surface area contributed by atoms with Gasteiger partial charge in [-0.05, 0) is 30.7 Å². The SMILES string of the molecule is CCc1nnc(NC(=O)CSCC(=O)Nc2ccc(Cl)cc2)s1. The molecule has 1 heterocycles. The van der Waals surface area contributed by atoms with E-state index in [-0.39, 0.29) is 23.3 Å². The minimum Gasteiger partial charge on any atom is -0.325 e. The third-order valence-electron chi connectivity index (χ3n) is 2.61. The molecule has 9 heteroatoms. The Balaban J connectivity index is 1.68. The second kappa shape index (κ2) is 8.85. The smallest absolute Gasteiger partial charge is 0.236 e. The average Bonchev–Trinajstić information content (AvgIpc) is 2.97. The van der Waals surface area contributed by atoms with Gasteiger partial charge in [0.25, 0.3) is 0 Å². The fraction of sp³-hybridized carbons (Fsp3) is 0.286. The predicted octanol–water partition coefficient (Wildman–Crippen LogP) is 3.06. The van der Waals surface area contributed by atoms with E-state index < -0.39 is 0 Å². The molecule has 2 aromatic rings. The van der Waals surface area contributed by atoms with Crippen LogP contribution in [0.3, 0.4) is 0 Å². The summed E-state index contributed by atoms with van der Waals surface area (Å²) in [5.74, 6) is -0.0102. The molecule has 2 N–H and O–H groups in total. The third-order valence-corrected chi connectivity index (χ3v) is 4.78. The van der Waals surface area contributed by atoms with Gasteiger partial charge >= 0.3 is 0 Å². The second-order valence-electron chi connectivity index (χ2n) is 4.45. The first-order chi connectivity index (χ1) is 11.1. The number of thioether (sulfide) groups is 1. The number of halogens is 1. The van der Waals surface area contributed by atoms with E-state index in [1.54, 1.807) is 24.3 Å². The molecule has 1 aromatic heterocycles. The summed E-state index contributed by atoms with van der Waals surface area (Å²) in [4.78, 5) is 23.5. The number of carbonyl (C=O) groups is 2. The van der Waals surface area contributed by atoms with Crippen LogP contribution < -0.4 is 10.6 Å². The van der Waals surface area contributed by atoms with Crippen LogP contribution in [0, 0.1) is 0 Å². The number of anilines is 2. The number of amides is 2. The monoisotopic (exact) mass is 370 g/mol. The molecule has 6 nitrogen and oxygen atoms in total. The molecular formula is C14H15ClN4O2S2. The molecule has 1 aromatic carbocycles. The fourth-order valence-corrected chi connectivity index (χ4v) is 3.01. The molecule has 0 radical (unpaired) electrons. The normalized spacial score (nSPS) is 10.3. The molecule has 122 valence electrons. The summed E-state index contributed by atoms with van der Waals surface area (Å²) in [5, 5.41) is 15.2. The first-order valence-corrected chi connectivity index (χ1v) is 9.17. The van der Waals surface area contributed by atoms with E-state index in [4.69, 9.17) is 11.6 Å². The van der Waals surface area contributed by atoms with Crippen LogP contribution >= 0.6 is 34.7 Å². The van der Waals surface area contributed by atoms with Crippen molar-refractivity contribution in [2.24, 2.45) is 0 Å². The van der Waals surface area contributed by atoms with Gasteiger partial charge in [0.1, 0.15) is 5.01 Å². The number of aromatic nitrogens is 2. The molecule has 0 fully saturated rings. The number of carbonyl (C=O) groups excluding carboxylic acids is 2. The molecule has 0 atom stereocenters. The molecular weight excluding hydrogens is 356 g/mol. The van der Waals surface area contributed by atoms with Gasteiger partial charge in [0, 0.05) is 10.7 Å². The van der Waals surface area contributed by atoms with Crippen molar-refractivity contribution in [3.8, 4) is 0 Å². The lowest BCUT2D eigenvalue weighted by atomic mass is 10.3. The molecule has 2 rings (SSSR count). The number of benzene rings is 1. The molecule has 0 aliphatic rings. The zero-order chi connectivity index (χ0) is 16.7. The Morgan fingerprint density at radius 2 is 1.78 bits per heavy atom. The summed E-state index contributed by atoms with van der Waals surface area (Å²) < 4.78 is 0. The van der Waals surface area contributed by atoms with Crippen LogP contribution in [0.5, 0.6) is 0 Å². The maximum absolute atomic E-state index is 11.8. The van der Waals surface area contributed by atoms with Crippen molar-refractivity contribution in [2.75, 3.05) is 22.1 Å². The van der Waals surface area contributed by atoms with Crippen LogP contribution in [0.1, 0.15) is 11.9 Å². The standard InChI is InChI=1S/C14H15ClN4O2S2/c1-2-13-18-19-14(23-13)17-12(21)8-22-7-11(20)16-10-5-3-9(15)4-6-10/h3-6H,2,7-8H2,1H3,(H,16,20)(H,17,19,21). The number of aryl methyl sites for hydroxylation is 1. The molecule has 2 amide bonds. The van der Waals surface area contributed by atoms with Crippen LogP contribution in [0.15, 0.2) is 24.3 Å². The van der Waals surface area contributed by atoms with Gasteiger partial charge in [0.2, 0.25) is 16.9 Å². The van der Waals surface area contributed by atoms with E-state index in [2.05, 4.69) is 20.8 Å². The van der Waals surface area contributed by atoms with Crippen LogP contribution in [0.25, 0.3) is 0 Å². The minimum absolute atomic E-state index is 0.172. The highest BCUT2D eigenvalue weighted by Gasteiger charge is 2.09. The Morgan fingerprint density at radius 1 is 1.13 bits per heavy atom. The molecule has 0 saturated carbocycles. The van der Waals surface area contributed by atoms with Gasteiger partial charge in [0.15, 0.2) is 0 Å². The number of rotatable bonds is 7. The fourth-order valence-electron chi connectivity index (χ4n) is 1.57. The maximum atomic E-state index is 11.8. The van der Waals surface area contributed by atoms with Gasteiger partial charge in [-0.3, -0.25) is 14.9 Å². The van der Waals surface area contributed by atoms with E-state index in [1.807, 2.05) is 6.92 Å². The Bertz CT molecular complexity index is 676. The Labute approximate surface area is 147 Å². The largest absolute Gasteiger partial charge is 0.325 e. The number of nitrogens with zero attached hydrogens (tertiary/aromatic N) is 2. The highest BCUT2D eigenvalue weighted by Crippen LogP contribution is 2.16. The predicted molar refractivity (Wildman–Crippen MR) is 95.3 cm³/mol. The number of hydrogen-bond donors (Lipinski definition) is 2. The summed E-state index contributed by atoms with van der Waals surface area (Å²) in [7, 11) is 0. The second-order valence-corrected chi connectivity index (χ2v) is 6.93. The molecule has 23 heavy (non-hydrogen) atoms. The van der Waals surface area contributed by atoms with Gasteiger partial charge in [0.05, 0.1) is 11.5 Å². The molecule has 0 aliphatic carbocycles. The van der Waals surface area contributed by atoms with Crippen molar-refractivity contribution in [1.82, 2.24) is 10.2 Å². The number of nitrogens with one attached hydrogen (secondary N) is 2. The first kappa shape index (κ1) is 17.7. The summed E-state index contributed by atoms with van der Waals surface area (Å²) in [5.41, 5.74) is 0.672. The maximum Gasteiger partial charge on any atom is 0.236 e. The van der Waals surface area contributed by atoms with Crippen molar-refractivity contribution in [1.29, 1.82) is 0 Å². The van der Waals surface area contributed by atoms with Gasteiger partial charge in [-0.15, -0.1) is 22.0 Å². The highest BCUT2D eigenvalue weighted by atomic mass is 35.5. The summed E-state index contributed by atoms with van der Waals surface area (Å²) >= 11 is 8.35. The van der Waals surface area contributed by atoms with E-state index in [0.29, 0.717) is 15.8 Å². The van der Waals surface area contributed by atoms with Gasteiger partial charge in [-0.25, -0.2) is 0 Å². The van der Waals surface area contributed by atoms with Crippen molar-refractivity contribution in [3.63, 3.8) is 0 Å². The van der Waals surface area contributed by atoms with Crippen molar-refractivity contribution < 1.29 is 9.59 Å². The van der Waals surface area contributed by atoms with Crippen LogP contribution in [0.2, 0.25) is 5.02 Å². The van der Waals surface area contributed by atoms with Gasteiger partial charge in [-0.1, -0.05) is 29.9 Å². The first-order valence-electron chi connectivity index (χ1n) is 6.82. The van der Waals surface area contributed by atoms with E-state index in [1.165, 1.54) is 23.1 Å². The van der Waals surface area contributed by atoms with Gasteiger partial charge in [-0.2, -0.15) is 0 Å².